The summed E-state index contributed by atoms with van der Waals surface area (Å²) < 4.78 is 33.1. The highest BCUT2D eigenvalue weighted by molar-refractivity contribution is 7.92. The highest BCUT2D eigenvalue weighted by Crippen LogP contribution is 2.33. The quantitative estimate of drug-likeness (QED) is 0.528. The van der Waals surface area contributed by atoms with Crippen LogP contribution >= 0.6 is 0 Å². The van der Waals surface area contributed by atoms with E-state index in [2.05, 4.69) is 32.4 Å². The van der Waals surface area contributed by atoms with Gasteiger partial charge in [-0.3, -0.25) is 4.72 Å². The number of nitrogens with zero attached hydrogens (tertiary/aromatic N) is 4. The Balaban J connectivity index is 1.68. The standard InChI is InChI=1S/C22H23N5O3S/c1-26-10-9-17-19(26)8-7-18-20(17)23-21(24-22(18)27-11-13-30-14-12-27)15-3-5-16(6-4-15)25-31(2,28)29/h3-10,25H,11-14H2,1-2H3. The molecule has 0 unspecified atom stereocenters. The summed E-state index contributed by atoms with van der Waals surface area (Å²) in [6.07, 6.45) is 3.17. The molecule has 1 aliphatic rings. The van der Waals surface area contributed by atoms with Crippen molar-refractivity contribution in [3.8, 4) is 11.4 Å². The fourth-order valence-corrected chi connectivity index (χ4v) is 4.54. The number of morpholine rings is 1. The Kier molecular flexibility index (Phi) is 4.79. The summed E-state index contributed by atoms with van der Waals surface area (Å²) in [6, 6.07) is 13.4. The molecule has 160 valence electrons. The van der Waals surface area contributed by atoms with Gasteiger partial charge in [-0.15, -0.1) is 0 Å². The van der Waals surface area contributed by atoms with Gasteiger partial charge in [0.2, 0.25) is 10.0 Å². The summed E-state index contributed by atoms with van der Waals surface area (Å²) in [5, 5.41) is 2.09. The van der Waals surface area contributed by atoms with Crippen LogP contribution in [0.4, 0.5) is 11.5 Å². The minimum absolute atomic E-state index is 0.505. The molecule has 5 rings (SSSR count). The third kappa shape index (κ3) is 3.82. The van der Waals surface area contributed by atoms with Gasteiger partial charge in [0.15, 0.2) is 5.82 Å². The van der Waals surface area contributed by atoms with E-state index >= 15 is 0 Å². The molecule has 0 aliphatic carbocycles. The summed E-state index contributed by atoms with van der Waals surface area (Å²) in [5.41, 5.74) is 3.34. The van der Waals surface area contributed by atoms with Gasteiger partial charge in [0.05, 0.1) is 25.0 Å². The summed E-state index contributed by atoms with van der Waals surface area (Å²) in [4.78, 5) is 12.1. The van der Waals surface area contributed by atoms with E-state index in [1.807, 2.05) is 25.4 Å². The van der Waals surface area contributed by atoms with Gasteiger partial charge >= 0.3 is 0 Å². The van der Waals surface area contributed by atoms with Crippen molar-refractivity contribution in [2.75, 3.05) is 42.2 Å². The first kappa shape index (κ1) is 19.8. The van der Waals surface area contributed by atoms with E-state index in [9.17, 15) is 8.42 Å². The summed E-state index contributed by atoms with van der Waals surface area (Å²) in [6.45, 7) is 2.88. The van der Waals surface area contributed by atoms with Crippen molar-refractivity contribution < 1.29 is 13.2 Å². The molecule has 4 aromatic rings. The molecule has 2 aromatic carbocycles. The maximum Gasteiger partial charge on any atom is 0.229 e. The van der Waals surface area contributed by atoms with E-state index in [0.29, 0.717) is 24.7 Å². The van der Waals surface area contributed by atoms with Crippen molar-refractivity contribution in [2.24, 2.45) is 7.05 Å². The normalized spacial score (nSPS) is 15.0. The molecular formula is C22H23N5O3S. The van der Waals surface area contributed by atoms with E-state index in [0.717, 1.165) is 52.5 Å². The molecule has 0 radical (unpaired) electrons. The average molecular weight is 438 g/mol. The lowest BCUT2D eigenvalue weighted by Crippen LogP contribution is -2.37. The number of hydrogen-bond donors (Lipinski definition) is 1. The Morgan fingerprint density at radius 3 is 2.42 bits per heavy atom. The zero-order valence-corrected chi connectivity index (χ0v) is 18.2. The molecule has 1 aliphatic heterocycles. The van der Waals surface area contributed by atoms with Crippen LogP contribution in [0.15, 0.2) is 48.7 Å². The number of hydrogen-bond acceptors (Lipinski definition) is 6. The number of sulfonamides is 1. The molecule has 0 bridgehead atoms. The lowest BCUT2D eigenvalue weighted by molar-refractivity contribution is 0.122. The number of nitrogens with one attached hydrogen (secondary N) is 1. The second-order valence-electron chi connectivity index (χ2n) is 7.74. The number of benzene rings is 2. The molecule has 1 N–H and O–H groups in total. The van der Waals surface area contributed by atoms with Crippen LogP contribution in [0.1, 0.15) is 0 Å². The maximum absolute atomic E-state index is 11.5. The summed E-state index contributed by atoms with van der Waals surface area (Å²) in [5.74, 6) is 1.50. The SMILES string of the molecule is Cn1ccc2c3nc(-c4ccc(NS(C)(=O)=O)cc4)nc(N4CCOCC4)c3ccc21. The zero-order valence-electron chi connectivity index (χ0n) is 17.4. The highest BCUT2D eigenvalue weighted by Gasteiger charge is 2.19. The van der Waals surface area contributed by atoms with Gasteiger partial charge in [-0.1, -0.05) is 0 Å². The van der Waals surface area contributed by atoms with Gasteiger partial charge < -0.3 is 14.2 Å². The van der Waals surface area contributed by atoms with Crippen LogP contribution in [0.25, 0.3) is 33.2 Å². The van der Waals surface area contributed by atoms with Crippen molar-refractivity contribution in [3.05, 3.63) is 48.7 Å². The Labute approximate surface area is 180 Å². The minimum atomic E-state index is -3.33. The Bertz CT molecular complexity index is 1370. The van der Waals surface area contributed by atoms with Crippen LogP contribution in [-0.4, -0.2) is 55.5 Å². The molecule has 3 heterocycles. The number of ether oxygens (including phenoxy) is 1. The summed E-state index contributed by atoms with van der Waals surface area (Å²) in [7, 11) is -1.31. The van der Waals surface area contributed by atoms with Crippen LogP contribution in [0, 0.1) is 0 Å². The number of rotatable bonds is 4. The van der Waals surface area contributed by atoms with E-state index in [1.165, 1.54) is 0 Å². The van der Waals surface area contributed by atoms with Gasteiger partial charge in [0.25, 0.3) is 0 Å². The molecule has 8 nitrogen and oxygen atoms in total. The fourth-order valence-electron chi connectivity index (χ4n) is 3.97. The third-order valence-corrected chi connectivity index (χ3v) is 6.07. The van der Waals surface area contributed by atoms with Crippen molar-refractivity contribution in [1.82, 2.24) is 14.5 Å². The van der Waals surface area contributed by atoms with E-state index in [4.69, 9.17) is 14.7 Å². The second kappa shape index (κ2) is 7.51. The number of fused-ring (bicyclic) bond motifs is 3. The van der Waals surface area contributed by atoms with Crippen molar-refractivity contribution >= 4 is 43.3 Å². The largest absolute Gasteiger partial charge is 0.378 e. The smallest absolute Gasteiger partial charge is 0.229 e. The Hall–Kier alpha value is -3.17. The molecular weight excluding hydrogens is 414 g/mol. The molecule has 0 saturated carbocycles. The molecule has 9 heteroatoms. The lowest BCUT2D eigenvalue weighted by Gasteiger charge is -2.29. The van der Waals surface area contributed by atoms with Crippen LogP contribution < -0.4 is 9.62 Å². The molecule has 0 atom stereocenters. The van der Waals surface area contributed by atoms with Crippen LogP contribution in [0.5, 0.6) is 0 Å². The van der Waals surface area contributed by atoms with Gasteiger partial charge in [-0.25, -0.2) is 18.4 Å². The van der Waals surface area contributed by atoms with Crippen molar-refractivity contribution in [3.63, 3.8) is 0 Å². The average Bonchev–Trinajstić information content (AvgIpc) is 3.14. The number of aromatic nitrogens is 3. The van der Waals surface area contributed by atoms with Gasteiger partial charge in [-0.2, -0.15) is 0 Å². The lowest BCUT2D eigenvalue weighted by atomic mass is 10.1. The molecule has 31 heavy (non-hydrogen) atoms. The van der Waals surface area contributed by atoms with Crippen molar-refractivity contribution in [2.45, 2.75) is 0 Å². The predicted molar refractivity (Wildman–Crippen MR) is 123 cm³/mol. The fraction of sp³-hybridized carbons (Fsp3) is 0.273. The minimum Gasteiger partial charge on any atom is -0.378 e. The molecule has 0 amide bonds. The maximum atomic E-state index is 11.5. The molecule has 2 aromatic heterocycles. The predicted octanol–water partition coefficient (Wildman–Crippen LogP) is 3.00. The van der Waals surface area contributed by atoms with Crippen LogP contribution in [0.3, 0.4) is 0 Å². The van der Waals surface area contributed by atoms with Crippen LogP contribution in [0.2, 0.25) is 0 Å². The first-order valence-corrected chi connectivity index (χ1v) is 11.9. The Morgan fingerprint density at radius 2 is 1.71 bits per heavy atom. The zero-order chi connectivity index (χ0) is 21.6. The monoisotopic (exact) mass is 437 g/mol. The third-order valence-electron chi connectivity index (χ3n) is 5.47. The topological polar surface area (TPSA) is 89.3 Å². The first-order chi connectivity index (χ1) is 14.9. The molecule has 0 spiro atoms. The van der Waals surface area contributed by atoms with Gasteiger partial charge in [-0.05, 0) is 42.5 Å². The van der Waals surface area contributed by atoms with E-state index < -0.39 is 10.0 Å². The van der Waals surface area contributed by atoms with Gasteiger partial charge in [0, 0.05) is 53.9 Å². The number of aryl methyl sites for hydroxylation is 1. The van der Waals surface area contributed by atoms with E-state index in [1.54, 1.807) is 12.1 Å². The number of anilines is 2. The van der Waals surface area contributed by atoms with Crippen molar-refractivity contribution in [1.29, 1.82) is 0 Å². The Morgan fingerprint density at radius 1 is 0.968 bits per heavy atom. The van der Waals surface area contributed by atoms with E-state index in [-0.39, 0.29) is 0 Å². The van der Waals surface area contributed by atoms with Gasteiger partial charge in [0.1, 0.15) is 5.82 Å². The first-order valence-electron chi connectivity index (χ1n) is 10.1. The second-order valence-corrected chi connectivity index (χ2v) is 9.49. The summed E-state index contributed by atoms with van der Waals surface area (Å²) >= 11 is 0. The van der Waals surface area contributed by atoms with Crippen LogP contribution in [-0.2, 0) is 21.8 Å². The highest BCUT2D eigenvalue weighted by atomic mass is 32.2. The molecule has 1 saturated heterocycles. The molecule has 1 fully saturated rings.